The van der Waals surface area contributed by atoms with E-state index in [9.17, 15) is 4.79 Å². The van der Waals surface area contributed by atoms with Crippen molar-refractivity contribution in [1.29, 1.82) is 5.26 Å². The van der Waals surface area contributed by atoms with Crippen molar-refractivity contribution >= 4 is 22.5 Å². The number of fused-ring (bicyclic) bond motifs is 1. The minimum absolute atomic E-state index is 0.264. The first-order valence-corrected chi connectivity index (χ1v) is 6.28. The van der Waals surface area contributed by atoms with Gasteiger partial charge in [-0.25, -0.2) is 4.98 Å². The maximum absolute atomic E-state index is 12.1. The van der Waals surface area contributed by atoms with E-state index in [4.69, 9.17) is 5.26 Å². The molecule has 3 rings (SSSR count). The smallest absolute Gasteiger partial charge is 0.274 e. The molecule has 0 saturated carbocycles. The molecule has 5 nitrogen and oxygen atoms in total. The zero-order valence-corrected chi connectivity index (χ0v) is 10.9. The van der Waals surface area contributed by atoms with Crippen LogP contribution in [0.5, 0.6) is 0 Å². The number of hydrogen-bond acceptors (Lipinski definition) is 4. The Morgan fingerprint density at radius 3 is 2.81 bits per heavy atom. The van der Waals surface area contributed by atoms with Crippen molar-refractivity contribution in [3.05, 3.63) is 66.1 Å². The van der Waals surface area contributed by atoms with Crippen LogP contribution in [0.15, 0.2) is 54.9 Å². The lowest BCUT2D eigenvalue weighted by Crippen LogP contribution is -2.13. The number of rotatable bonds is 2. The van der Waals surface area contributed by atoms with Gasteiger partial charge < -0.3 is 5.32 Å². The largest absolute Gasteiger partial charge is 0.321 e. The Kier molecular flexibility index (Phi) is 3.27. The normalized spacial score (nSPS) is 10.0. The van der Waals surface area contributed by atoms with Gasteiger partial charge in [0.25, 0.3) is 5.91 Å². The summed E-state index contributed by atoms with van der Waals surface area (Å²) >= 11 is 0. The average molecular weight is 274 g/mol. The van der Waals surface area contributed by atoms with Gasteiger partial charge in [0.15, 0.2) is 0 Å². The number of carbonyl (C=O) groups excluding carboxylic acids is 1. The zero-order valence-electron chi connectivity index (χ0n) is 10.9. The van der Waals surface area contributed by atoms with Gasteiger partial charge in [0.2, 0.25) is 0 Å². The topological polar surface area (TPSA) is 78.7 Å². The Balaban J connectivity index is 1.83. The summed E-state index contributed by atoms with van der Waals surface area (Å²) in [6.45, 7) is 0. The highest BCUT2D eigenvalue weighted by Crippen LogP contribution is 2.17. The molecule has 0 atom stereocenters. The summed E-state index contributed by atoms with van der Waals surface area (Å²) in [7, 11) is 0. The molecule has 2 aromatic heterocycles. The molecule has 0 aliphatic rings. The molecule has 2 heterocycles. The van der Waals surface area contributed by atoms with Crippen LogP contribution in [0.1, 0.15) is 16.1 Å². The van der Waals surface area contributed by atoms with Crippen LogP contribution >= 0.6 is 0 Å². The van der Waals surface area contributed by atoms with Crippen LogP contribution in [0.2, 0.25) is 0 Å². The third kappa shape index (κ3) is 2.69. The van der Waals surface area contributed by atoms with E-state index in [1.165, 1.54) is 12.3 Å². The fourth-order valence-electron chi connectivity index (χ4n) is 1.94. The fraction of sp³-hybridized carbons (Fsp3) is 0. The number of aromatic nitrogens is 2. The highest BCUT2D eigenvalue weighted by atomic mass is 16.1. The van der Waals surface area contributed by atoms with E-state index in [-0.39, 0.29) is 11.6 Å². The van der Waals surface area contributed by atoms with Gasteiger partial charge in [-0.15, -0.1) is 0 Å². The minimum atomic E-state index is -0.317. The van der Waals surface area contributed by atoms with E-state index in [2.05, 4.69) is 15.3 Å². The maximum Gasteiger partial charge on any atom is 0.274 e. The fourth-order valence-corrected chi connectivity index (χ4v) is 1.94. The maximum atomic E-state index is 12.1. The highest BCUT2D eigenvalue weighted by Gasteiger charge is 2.08. The number of pyridine rings is 2. The molecule has 0 saturated heterocycles. The van der Waals surface area contributed by atoms with Crippen molar-refractivity contribution in [1.82, 2.24) is 9.97 Å². The summed E-state index contributed by atoms with van der Waals surface area (Å²) in [6, 6.07) is 14.3. The molecule has 0 bridgehead atoms. The summed E-state index contributed by atoms with van der Waals surface area (Å²) in [6.07, 6.45) is 3.10. The van der Waals surface area contributed by atoms with Gasteiger partial charge in [0.05, 0.1) is 11.1 Å². The Hall–Kier alpha value is -3.26. The van der Waals surface area contributed by atoms with E-state index >= 15 is 0 Å². The molecule has 0 aliphatic carbocycles. The van der Waals surface area contributed by atoms with E-state index in [0.717, 1.165) is 10.9 Å². The molecule has 0 spiro atoms. The van der Waals surface area contributed by atoms with Crippen molar-refractivity contribution < 1.29 is 4.79 Å². The average Bonchev–Trinajstić information content (AvgIpc) is 2.55. The van der Waals surface area contributed by atoms with Crippen molar-refractivity contribution in [3.8, 4) is 6.07 Å². The van der Waals surface area contributed by atoms with Gasteiger partial charge in [0.1, 0.15) is 11.8 Å². The molecule has 0 aliphatic heterocycles. The molecule has 0 unspecified atom stereocenters. The SMILES string of the molecule is N#Cc1ccc(C(=O)Nc2ccc3ncccc3c2)nc1. The lowest BCUT2D eigenvalue weighted by atomic mass is 10.2. The molecule has 0 fully saturated rings. The predicted octanol–water partition coefficient (Wildman–Crippen LogP) is 2.75. The Morgan fingerprint density at radius 2 is 2.05 bits per heavy atom. The monoisotopic (exact) mass is 274 g/mol. The number of hydrogen-bond donors (Lipinski definition) is 1. The van der Waals surface area contributed by atoms with Crippen LogP contribution in [-0.4, -0.2) is 15.9 Å². The van der Waals surface area contributed by atoms with Gasteiger partial charge in [0, 0.05) is 23.5 Å². The lowest BCUT2D eigenvalue weighted by molar-refractivity contribution is 0.102. The minimum Gasteiger partial charge on any atom is -0.321 e. The van der Waals surface area contributed by atoms with Crippen molar-refractivity contribution in [3.63, 3.8) is 0 Å². The molecule has 3 aromatic rings. The second-order valence-electron chi connectivity index (χ2n) is 4.41. The van der Waals surface area contributed by atoms with Crippen LogP contribution in [0.3, 0.4) is 0 Å². The van der Waals surface area contributed by atoms with Crippen LogP contribution in [0.4, 0.5) is 5.69 Å². The third-order valence-corrected chi connectivity index (χ3v) is 2.99. The van der Waals surface area contributed by atoms with Gasteiger partial charge in [-0.2, -0.15) is 5.26 Å². The molecule has 1 amide bonds. The number of nitriles is 1. The molecular weight excluding hydrogens is 264 g/mol. The number of nitrogens with zero attached hydrogens (tertiary/aromatic N) is 3. The Morgan fingerprint density at radius 1 is 1.14 bits per heavy atom. The Labute approximate surface area is 120 Å². The second-order valence-corrected chi connectivity index (χ2v) is 4.41. The summed E-state index contributed by atoms with van der Waals surface area (Å²) in [5.74, 6) is -0.317. The van der Waals surface area contributed by atoms with Gasteiger partial charge >= 0.3 is 0 Å². The summed E-state index contributed by atoms with van der Waals surface area (Å²) < 4.78 is 0. The summed E-state index contributed by atoms with van der Waals surface area (Å²) in [5, 5.41) is 12.4. The first-order chi connectivity index (χ1) is 10.3. The van der Waals surface area contributed by atoms with E-state index in [1.54, 1.807) is 18.3 Å². The lowest BCUT2D eigenvalue weighted by Gasteiger charge is -2.05. The summed E-state index contributed by atoms with van der Waals surface area (Å²) in [4.78, 5) is 20.3. The molecule has 21 heavy (non-hydrogen) atoms. The van der Waals surface area contributed by atoms with Gasteiger partial charge in [-0.3, -0.25) is 9.78 Å². The van der Waals surface area contributed by atoms with Crippen LogP contribution in [0, 0.1) is 11.3 Å². The van der Waals surface area contributed by atoms with E-state index in [1.807, 2.05) is 30.3 Å². The van der Waals surface area contributed by atoms with E-state index in [0.29, 0.717) is 11.3 Å². The van der Waals surface area contributed by atoms with Crippen molar-refractivity contribution in [2.24, 2.45) is 0 Å². The molecule has 0 radical (unpaired) electrons. The predicted molar refractivity (Wildman–Crippen MR) is 78.6 cm³/mol. The van der Waals surface area contributed by atoms with Crippen LogP contribution in [0.25, 0.3) is 10.9 Å². The quantitative estimate of drug-likeness (QED) is 0.779. The zero-order chi connectivity index (χ0) is 14.7. The molecule has 5 heteroatoms. The molecule has 100 valence electrons. The van der Waals surface area contributed by atoms with Crippen molar-refractivity contribution in [2.45, 2.75) is 0 Å². The number of nitrogens with one attached hydrogen (secondary N) is 1. The highest BCUT2D eigenvalue weighted by molar-refractivity contribution is 6.03. The standard InChI is InChI=1S/C16H10N4O/c17-9-11-3-5-15(19-10-11)16(21)20-13-4-6-14-12(8-13)2-1-7-18-14/h1-8,10H,(H,20,21). The number of anilines is 1. The van der Waals surface area contributed by atoms with Crippen LogP contribution < -0.4 is 5.32 Å². The van der Waals surface area contributed by atoms with Gasteiger partial charge in [-0.05, 0) is 36.4 Å². The first-order valence-electron chi connectivity index (χ1n) is 6.28. The number of benzene rings is 1. The first kappa shape index (κ1) is 12.8. The summed E-state index contributed by atoms with van der Waals surface area (Å²) in [5.41, 5.74) is 2.22. The second kappa shape index (κ2) is 5.39. The van der Waals surface area contributed by atoms with E-state index < -0.39 is 0 Å². The number of amides is 1. The molecular formula is C16H10N4O. The van der Waals surface area contributed by atoms with Crippen molar-refractivity contribution in [2.75, 3.05) is 5.32 Å². The number of carbonyl (C=O) groups is 1. The Bertz CT molecular complexity index is 850. The molecule has 1 aromatic carbocycles. The van der Waals surface area contributed by atoms with Gasteiger partial charge in [-0.1, -0.05) is 6.07 Å². The molecule has 1 N–H and O–H groups in total. The van der Waals surface area contributed by atoms with Crippen LogP contribution in [-0.2, 0) is 0 Å². The third-order valence-electron chi connectivity index (χ3n) is 2.99.